The van der Waals surface area contributed by atoms with Gasteiger partial charge in [0.15, 0.2) is 0 Å². The molecule has 0 bridgehead atoms. The summed E-state index contributed by atoms with van der Waals surface area (Å²) in [4.78, 5) is 0. The molecule has 0 radical (unpaired) electrons. The Kier molecular flexibility index (Phi) is 16.0. The van der Waals surface area contributed by atoms with Crippen LogP contribution in [0, 0.1) is 6.42 Å². The van der Waals surface area contributed by atoms with Crippen molar-refractivity contribution in [2.24, 2.45) is 0 Å². The molecule has 44 valence electrons. The second-order valence-corrected chi connectivity index (χ2v) is 1.85. The fraction of sp³-hybridized carbons (Fsp3) is 0.800. The maximum atomic E-state index is 2.70. The summed E-state index contributed by atoms with van der Waals surface area (Å²) in [6.45, 7) is 2.17. The zero-order chi connectivity index (χ0) is 4.83. The first-order chi connectivity index (χ1) is 2.91. The van der Waals surface area contributed by atoms with Crippen LogP contribution in [0.5, 0.6) is 0 Å². The second kappa shape index (κ2) is 10.2. The third-order valence-electron chi connectivity index (χ3n) is 0.659. The molecule has 2 heteroatoms. The Labute approximate surface area is 62.9 Å². The van der Waals surface area contributed by atoms with Crippen LogP contribution in [0.3, 0.4) is 0 Å². The molecule has 1 atom stereocenters. The Balaban J connectivity index is 0. The zero-order valence-electron chi connectivity index (χ0n) is 4.68. The van der Waals surface area contributed by atoms with E-state index in [1.165, 1.54) is 19.0 Å². The maximum Gasteiger partial charge on any atom is 0 e. The molecule has 1 unspecified atom stereocenters. The van der Waals surface area contributed by atoms with E-state index in [0.29, 0.717) is 0 Å². The maximum absolute atomic E-state index is 2.70. The zero-order valence-corrected chi connectivity index (χ0v) is 8.77. The minimum atomic E-state index is 0. The van der Waals surface area contributed by atoms with Gasteiger partial charge in [-0.15, -0.1) is 9.24 Å². The van der Waals surface area contributed by atoms with Crippen molar-refractivity contribution in [3.05, 3.63) is 6.42 Å². The molecule has 0 saturated carbocycles. The summed E-state index contributed by atoms with van der Waals surface area (Å²) in [6, 6.07) is 0. The van der Waals surface area contributed by atoms with Crippen molar-refractivity contribution in [2.45, 2.75) is 19.8 Å². The van der Waals surface area contributed by atoms with Crippen molar-refractivity contribution in [3.63, 3.8) is 0 Å². The molecule has 0 aromatic heterocycles. The van der Waals surface area contributed by atoms with Gasteiger partial charge in [0.25, 0.3) is 0 Å². The van der Waals surface area contributed by atoms with E-state index in [9.17, 15) is 0 Å². The van der Waals surface area contributed by atoms with Crippen LogP contribution in [0.25, 0.3) is 0 Å². The standard InChI is InChI=1S/C5H12P.W/c1-2-3-4-5-6;/h3H,2,4-6H2,1H3;/q-1;. The second-order valence-electron chi connectivity index (χ2n) is 1.27. The van der Waals surface area contributed by atoms with Crippen LogP contribution in [0.15, 0.2) is 0 Å². The predicted molar refractivity (Wildman–Crippen MR) is 33.8 cm³/mol. The van der Waals surface area contributed by atoms with Crippen molar-refractivity contribution in [2.75, 3.05) is 6.16 Å². The third kappa shape index (κ3) is 11.0. The van der Waals surface area contributed by atoms with Crippen LogP contribution in [0.4, 0.5) is 0 Å². The normalized spacial score (nSPS) is 7.71. The molecule has 0 amide bonds. The molecular formula is C5H12PW-. The minimum Gasteiger partial charge on any atom is -0.328 e. The van der Waals surface area contributed by atoms with E-state index in [2.05, 4.69) is 22.6 Å². The average molecular weight is 287 g/mol. The Morgan fingerprint density at radius 2 is 2.14 bits per heavy atom. The number of rotatable bonds is 3. The van der Waals surface area contributed by atoms with E-state index in [0.717, 1.165) is 0 Å². The minimum absolute atomic E-state index is 0. The molecule has 0 saturated heterocycles. The third-order valence-corrected chi connectivity index (χ3v) is 0.993. The number of hydrogen-bond donors (Lipinski definition) is 0. The monoisotopic (exact) mass is 287 g/mol. The van der Waals surface area contributed by atoms with Crippen LogP contribution < -0.4 is 0 Å². The topological polar surface area (TPSA) is 0 Å². The van der Waals surface area contributed by atoms with E-state index in [4.69, 9.17) is 0 Å². The van der Waals surface area contributed by atoms with Crippen LogP contribution in [-0.4, -0.2) is 6.16 Å². The van der Waals surface area contributed by atoms with E-state index < -0.39 is 0 Å². The first-order valence-corrected chi connectivity index (χ1v) is 3.25. The summed E-state index contributed by atoms with van der Waals surface area (Å²) in [6.07, 6.45) is 5.97. The van der Waals surface area contributed by atoms with Gasteiger partial charge in [-0.05, 0) is 0 Å². The summed E-state index contributed by atoms with van der Waals surface area (Å²) < 4.78 is 0. The van der Waals surface area contributed by atoms with Crippen LogP contribution in [-0.2, 0) is 21.1 Å². The van der Waals surface area contributed by atoms with Gasteiger partial charge in [-0.3, -0.25) is 0 Å². The first kappa shape index (κ1) is 11.0. The largest absolute Gasteiger partial charge is 0.328 e. The molecule has 0 aromatic rings. The molecule has 0 rings (SSSR count). The van der Waals surface area contributed by atoms with Gasteiger partial charge in [0.05, 0.1) is 0 Å². The Bertz CT molecular complexity index is 20.0. The van der Waals surface area contributed by atoms with Crippen molar-refractivity contribution in [3.8, 4) is 0 Å². The number of hydrogen-bond acceptors (Lipinski definition) is 0. The SMILES string of the molecule is CC[CH-]CCP.[W]. The van der Waals surface area contributed by atoms with Crippen molar-refractivity contribution >= 4 is 9.24 Å². The smallest absolute Gasteiger partial charge is 0 e. The molecular weight excluding hydrogens is 275 g/mol. The molecule has 0 aliphatic rings. The summed E-state index contributed by atoms with van der Waals surface area (Å²) in [5.74, 6) is 0. The van der Waals surface area contributed by atoms with Crippen molar-refractivity contribution in [1.82, 2.24) is 0 Å². The quantitative estimate of drug-likeness (QED) is 0.422. The molecule has 7 heavy (non-hydrogen) atoms. The summed E-state index contributed by atoms with van der Waals surface area (Å²) >= 11 is 0. The number of unbranched alkanes of at least 4 members (excludes halogenated alkanes) is 2. The van der Waals surface area contributed by atoms with E-state index >= 15 is 0 Å². The summed E-state index contributed by atoms with van der Waals surface area (Å²) in [7, 11) is 2.70. The molecule has 0 aromatic carbocycles. The van der Waals surface area contributed by atoms with E-state index in [1.54, 1.807) is 0 Å². The van der Waals surface area contributed by atoms with Gasteiger partial charge in [0.1, 0.15) is 0 Å². The predicted octanol–water partition coefficient (Wildman–Crippen LogP) is 1.86. The molecule has 0 aliphatic heterocycles. The van der Waals surface area contributed by atoms with E-state index in [1.807, 2.05) is 0 Å². The molecule has 0 heterocycles. The summed E-state index contributed by atoms with van der Waals surface area (Å²) in [5, 5.41) is 0. The van der Waals surface area contributed by atoms with Crippen molar-refractivity contribution in [1.29, 1.82) is 0 Å². The fourth-order valence-electron chi connectivity index (χ4n) is 0.322. The molecule has 0 N–H and O–H groups in total. The van der Waals surface area contributed by atoms with Gasteiger partial charge in [-0.2, -0.15) is 12.8 Å². The van der Waals surface area contributed by atoms with Crippen LogP contribution >= 0.6 is 9.24 Å². The van der Waals surface area contributed by atoms with Crippen LogP contribution in [0.2, 0.25) is 0 Å². The van der Waals surface area contributed by atoms with Gasteiger partial charge in [0, 0.05) is 21.1 Å². The van der Waals surface area contributed by atoms with Gasteiger partial charge >= 0.3 is 0 Å². The fourth-order valence-corrected chi connectivity index (χ4v) is 0.558. The van der Waals surface area contributed by atoms with Crippen LogP contribution in [0.1, 0.15) is 19.8 Å². The summed E-state index contributed by atoms with van der Waals surface area (Å²) in [5.41, 5.74) is 0. The molecule has 0 nitrogen and oxygen atoms in total. The Morgan fingerprint density at radius 3 is 2.29 bits per heavy atom. The first-order valence-electron chi connectivity index (χ1n) is 2.43. The Hall–Kier alpha value is 1.12. The van der Waals surface area contributed by atoms with E-state index in [-0.39, 0.29) is 21.1 Å². The van der Waals surface area contributed by atoms with Gasteiger partial charge < -0.3 is 6.42 Å². The molecule has 0 spiro atoms. The molecule has 0 aliphatic carbocycles. The van der Waals surface area contributed by atoms with Crippen molar-refractivity contribution < 1.29 is 21.1 Å². The average Bonchev–Trinajstić information content (AvgIpc) is 1.61. The van der Waals surface area contributed by atoms with Gasteiger partial charge in [-0.25, -0.2) is 0 Å². The van der Waals surface area contributed by atoms with Gasteiger partial charge in [0.2, 0.25) is 0 Å². The molecule has 0 fully saturated rings. The van der Waals surface area contributed by atoms with Gasteiger partial charge in [-0.1, -0.05) is 13.1 Å². The Morgan fingerprint density at radius 1 is 1.57 bits per heavy atom.